The van der Waals surface area contributed by atoms with Crippen molar-refractivity contribution >= 4 is 16.7 Å². The van der Waals surface area contributed by atoms with Crippen LogP contribution in [0.1, 0.15) is 28.4 Å². The van der Waals surface area contributed by atoms with Crippen molar-refractivity contribution in [3.63, 3.8) is 0 Å². The number of carbonyl (C=O) groups is 1. The summed E-state index contributed by atoms with van der Waals surface area (Å²) >= 11 is 0. The van der Waals surface area contributed by atoms with Gasteiger partial charge in [0, 0.05) is 19.2 Å². The lowest BCUT2D eigenvalue weighted by atomic mass is 10.1. The van der Waals surface area contributed by atoms with Gasteiger partial charge in [0.25, 0.3) is 5.91 Å². The molecular weight excluding hydrogens is 282 g/mol. The van der Waals surface area contributed by atoms with E-state index in [0.717, 1.165) is 17.5 Å². The van der Waals surface area contributed by atoms with Gasteiger partial charge in [0.2, 0.25) is 0 Å². The summed E-state index contributed by atoms with van der Waals surface area (Å²) in [6.07, 6.45) is 0.987. The zero-order valence-electron chi connectivity index (χ0n) is 13.6. The van der Waals surface area contributed by atoms with Gasteiger partial charge in [-0.05, 0) is 46.5 Å². The second kappa shape index (κ2) is 6.66. The minimum atomic E-state index is 0.0563. The van der Waals surface area contributed by atoms with Gasteiger partial charge in [0.1, 0.15) is 0 Å². The molecule has 0 aliphatic heterocycles. The molecule has 0 saturated carbocycles. The molecular formula is C21H21NO. The summed E-state index contributed by atoms with van der Waals surface area (Å²) in [6.45, 7) is 2.72. The van der Waals surface area contributed by atoms with Crippen LogP contribution in [-0.2, 0) is 13.0 Å². The normalized spacial score (nSPS) is 10.7. The first-order valence-electron chi connectivity index (χ1n) is 7.99. The van der Waals surface area contributed by atoms with Gasteiger partial charge in [-0.3, -0.25) is 4.79 Å². The van der Waals surface area contributed by atoms with Crippen LogP contribution in [0.5, 0.6) is 0 Å². The molecule has 0 fully saturated rings. The molecule has 0 aliphatic rings. The predicted octanol–water partition coefficient (Wildman–Crippen LogP) is 4.67. The SMILES string of the molecule is CCc1ccc(C(=O)N(C)Cc2ccc3ccccc3c2)cc1. The van der Waals surface area contributed by atoms with Crippen molar-refractivity contribution in [1.82, 2.24) is 4.90 Å². The Morgan fingerprint density at radius 1 is 0.870 bits per heavy atom. The average Bonchev–Trinajstić information content (AvgIpc) is 2.61. The van der Waals surface area contributed by atoms with Crippen LogP contribution in [0.15, 0.2) is 66.7 Å². The molecule has 1 amide bonds. The highest BCUT2D eigenvalue weighted by atomic mass is 16.2. The minimum Gasteiger partial charge on any atom is -0.337 e. The Labute approximate surface area is 137 Å². The maximum absolute atomic E-state index is 12.5. The van der Waals surface area contributed by atoms with Crippen molar-refractivity contribution in [1.29, 1.82) is 0 Å². The van der Waals surface area contributed by atoms with Gasteiger partial charge >= 0.3 is 0 Å². The van der Waals surface area contributed by atoms with Gasteiger partial charge in [0.05, 0.1) is 0 Å². The van der Waals surface area contributed by atoms with Crippen LogP contribution in [0, 0.1) is 0 Å². The maximum Gasteiger partial charge on any atom is 0.253 e. The van der Waals surface area contributed by atoms with E-state index in [1.54, 1.807) is 4.90 Å². The van der Waals surface area contributed by atoms with E-state index < -0.39 is 0 Å². The number of amides is 1. The summed E-state index contributed by atoms with van der Waals surface area (Å²) in [5, 5.41) is 2.43. The maximum atomic E-state index is 12.5. The number of nitrogens with zero attached hydrogens (tertiary/aromatic N) is 1. The number of rotatable bonds is 4. The molecule has 0 bridgehead atoms. The molecule has 2 heteroatoms. The molecule has 0 atom stereocenters. The predicted molar refractivity (Wildman–Crippen MR) is 95.6 cm³/mol. The van der Waals surface area contributed by atoms with E-state index in [1.807, 2.05) is 43.4 Å². The Kier molecular flexibility index (Phi) is 4.42. The third-order valence-corrected chi connectivity index (χ3v) is 4.19. The van der Waals surface area contributed by atoms with Crippen molar-refractivity contribution < 1.29 is 4.79 Å². The molecule has 3 rings (SSSR count). The summed E-state index contributed by atoms with van der Waals surface area (Å²) in [6, 6.07) is 22.5. The summed E-state index contributed by atoms with van der Waals surface area (Å²) in [7, 11) is 1.85. The van der Waals surface area contributed by atoms with E-state index in [2.05, 4.69) is 37.3 Å². The highest BCUT2D eigenvalue weighted by molar-refractivity contribution is 5.94. The Morgan fingerprint density at radius 3 is 2.22 bits per heavy atom. The van der Waals surface area contributed by atoms with E-state index in [0.29, 0.717) is 6.54 Å². The van der Waals surface area contributed by atoms with Gasteiger partial charge in [-0.2, -0.15) is 0 Å². The molecule has 0 radical (unpaired) electrons. The van der Waals surface area contributed by atoms with Crippen LogP contribution in [0.2, 0.25) is 0 Å². The van der Waals surface area contributed by atoms with Gasteiger partial charge in [-0.1, -0.05) is 55.5 Å². The largest absolute Gasteiger partial charge is 0.337 e. The first-order valence-corrected chi connectivity index (χ1v) is 7.99. The lowest BCUT2D eigenvalue weighted by Gasteiger charge is -2.18. The number of carbonyl (C=O) groups excluding carboxylic acids is 1. The molecule has 0 aliphatic carbocycles. The zero-order chi connectivity index (χ0) is 16.2. The molecule has 2 nitrogen and oxygen atoms in total. The van der Waals surface area contributed by atoms with E-state index >= 15 is 0 Å². The minimum absolute atomic E-state index is 0.0563. The lowest BCUT2D eigenvalue weighted by Crippen LogP contribution is -2.26. The highest BCUT2D eigenvalue weighted by Crippen LogP contribution is 2.17. The van der Waals surface area contributed by atoms with Crippen LogP contribution in [0.4, 0.5) is 0 Å². The third-order valence-electron chi connectivity index (χ3n) is 4.19. The first kappa shape index (κ1) is 15.3. The standard InChI is InChI=1S/C21H21NO/c1-3-16-8-12-19(13-9-16)21(23)22(2)15-17-10-11-18-6-4-5-7-20(18)14-17/h4-14H,3,15H2,1-2H3. The summed E-state index contributed by atoms with van der Waals surface area (Å²) < 4.78 is 0. The average molecular weight is 303 g/mol. The number of benzene rings is 3. The summed E-state index contributed by atoms with van der Waals surface area (Å²) in [5.74, 6) is 0.0563. The van der Waals surface area contributed by atoms with Gasteiger partial charge in [-0.15, -0.1) is 0 Å². The van der Waals surface area contributed by atoms with Crippen molar-refractivity contribution in [2.45, 2.75) is 19.9 Å². The van der Waals surface area contributed by atoms with Gasteiger partial charge < -0.3 is 4.90 Å². The van der Waals surface area contributed by atoms with E-state index in [1.165, 1.54) is 16.3 Å². The van der Waals surface area contributed by atoms with E-state index in [-0.39, 0.29) is 5.91 Å². The Bertz CT molecular complexity index is 821. The number of hydrogen-bond donors (Lipinski definition) is 0. The summed E-state index contributed by atoms with van der Waals surface area (Å²) in [4.78, 5) is 14.3. The second-order valence-electron chi connectivity index (χ2n) is 5.89. The fourth-order valence-electron chi connectivity index (χ4n) is 2.79. The Morgan fingerprint density at radius 2 is 1.52 bits per heavy atom. The van der Waals surface area contributed by atoms with E-state index in [9.17, 15) is 4.79 Å². The van der Waals surface area contributed by atoms with Crippen molar-refractivity contribution in [3.8, 4) is 0 Å². The quantitative estimate of drug-likeness (QED) is 0.685. The Hall–Kier alpha value is -2.61. The molecule has 23 heavy (non-hydrogen) atoms. The smallest absolute Gasteiger partial charge is 0.253 e. The number of fused-ring (bicyclic) bond motifs is 1. The topological polar surface area (TPSA) is 20.3 Å². The highest BCUT2D eigenvalue weighted by Gasteiger charge is 2.12. The zero-order valence-corrected chi connectivity index (χ0v) is 13.6. The van der Waals surface area contributed by atoms with Crippen LogP contribution in [0.3, 0.4) is 0 Å². The van der Waals surface area contributed by atoms with Gasteiger partial charge in [-0.25, -0.2) is 0 Å². The first-order chi connectivity index (χ1) is 11.2. The lowest BCUT2D eigenvalue weighted by molar-refractivity contribution is 0.0785. The molecule has 3 aromatic rings. The van der Waals surface area contributed by atoms with Crippen molar-refractivity contribution in [2.75, 3.05) is 7.05 Å². The molecule has 3 aromatic carbocycles. The monoisotopic (exact) mass is 303 g/mol. The summed E-state index contributed by atoms with van der Waals surface area (Å²) in [5.41, 5.74) is 3.13. The van der Waals surface area contributed by atoms with Gasteiger partial charge in [0.15, 0.2) is 0 Å². The molecule has 0 N–H and O–H groups in total. The molecule has 0 saturated heterocycles. The van der Waals surface area contributed by atoms with Crippen LogP contribution >= 0.6 is 0 Å². The fraction of sp³-hybridized carbons (Fsp3) is 0.190. The molecule has 0 unspecified atom stereocenters. The fourth-order valence-corrected chi connectivity index (χ4v) is 2.79. The Balaban J connectivity index is 1.76. The molecule has 0 heterocycles. The molecule has 0 aromatic heterocycles. The number of aryl methyl sites for hydroxylation is 1. The number of hydrogen-bond acceptors (Lipinski definition) is 1. The van der Waals surface area contributed by atoms with Crippen LogP contribution in [0.25, 0.3) is 10.8 Å². The second-order valence-corrected chi connectivity index (χ2v) is 5.89. The third kappa shape index (κ3) is 3.42. The van der Waals surface area contributed by atoms with E-state index in [4.69, 9.17) is 0 Å². The van der Waals surface area contributed by atoms with Crippen LogP contribution < -0.4 is 0 Å². The van der Waals surface area contributed by atoms with Crippen molar-refractivity contribution in [2.24, 2.45) is 0 Å². The van der Waals surface area contributed by atoms with Crippen LogP contribution in [-0.4, -0.2) is 17.9 Å². The molecule has 116 valence electrons. The molecule has 0 spiro atoms. The van der Waals surface area contributed by atoms with Crippen molar-refractivity contribution in [3.05, 3.63) is 83.4 Å².